The van der Waals surface area contributed by atoms with Crippen molar-refractivity contribution < 1.29 is 17.9 Å². The Bertz CT molecular complexity index is 1480. The number of benzene rings is 3. The second kappa shape index (κ2) is 12.3. The molecule has 9 heteroatoms. The number of amides is 1. The summed E-state index contributed by atoms with van der Waals surface area (Å²) < 4.78 is 33.4. The van der Waals surface area contributed by atoms with Crippen molar-refractivity contribution in [3.63, 3.8) is 0 Å². The Morgan fingerprint density at radius 1 is 1.02 bits per heavy atom. The number of carbonyl (C=O) groups is 1. The number of nitrogens with one attached hydrogen (secondary N) is 2. The third-order valence-corrected chi connectivity index (χ3v) is 9.17. The fourth-order valence-corrected chi connectivity index (χ4v) is 6.21. The van der Waals surface area contributed by atoms with Gasteiger partial charge >= 0.3 is 0 Å². The van der Waals surface area contributed by atoms with Gasteiger partial charge in [-0.15, -0.1) is 0 Å². The van der Waals surface area contributed by atoms with Crippen molar-refractivity contribution in [2.45, 2.75) is 31.2 Å². The third-order valence-electron chi connectivity index (χ3n) is 7.32. The summed E-state index contributed by atoms with van der Waals surface area (Å²) in [6, 6.07) is 22.7. The Kier molecular flexibility index (Phi) is 8.66. The van der Waals surface area contributed by atoms with E-state index in [1.165, 1.54) is 9.87 Å². The largest absolute Gasteiger partial charge is 0.379 e. The lowest BCUT2D eigenvalue weighted by atomic mass is 10.00. The summed E-state index contributed by atoms with van der Waals surface area (Å²) in [5.41, 5.74) is 5.04. The van der Waals surface area contributed by atoms with E-state index in [1.807, 2.05) is 49.4 Å². The lowest BCUT2D eigenvalue weighted by Crippen LogP contribution is -2.35. The molecule has 0 aromatic heterocycles. The number of anilines is 2. The van der Waals surface area contributed by atoms with Crippen LogP contribution in [0.5, 0.6) is 0 Å². The quantitative estimate of drug-likeness (QED) is 0.344. The molecule has 3 aromatic carbocycles. The van der Waals surface area contributed by atoms with Crippen molar-refractivity contribution in [3.8, 4) is 0 Å². The topological polar surface area (TPSA) is 91.0 Å². The molecule has 2 aliphatic rings. The number of fused-ring (bicyclic) bond motifs is 1. The van der Waals surface area contributed by atoms with Gasteiger partial charge < -0.3 is 15.4 Å². The Morgan fingerprint density at radius 3 is 2.45 bits per heavy atom. The van der Waals surface area contributed by atoms with Crippen LogP contribution >= 0.6 is 0 Å². The van der Waals surface area contributed by atoms with E-state index in [9.17, 15) is 13.2 Å². The molecule has 1 saturated heterocycles. The summed E-state index contributed by atoms with van der Waals surface area (Å²) in [5, 5.41) is 6.39. The molecule has 210 valence electrons. The maximum atomic E-state index is 13.4. The Labute approximate surface area is 236 Å². The molecule has 0 spiro atoms. The van der Waals surface area contributed by atoms with E-state index in [0.717, 1.165) is 56.9 Å². The average molecular weight is 561 g/mol. The van der Waals surface area contributed by atoms with E-state index >= 15 is 0 Å². The first-order chi connectivity index (χ1) is 19.4. The molecule has 2 N–H and O–H groups in total. The fraction of sp³-hybridized carbons (Fsp3) is 0.323. The number of rotatable bonds is 10. The summed E-state index contributed by atoms with van der Waals surface area (Å²) in [6.07, 6.45) is 1.68. The second-order valence-corrected chi connectivity index (χ2v) is 12.2. The Balaban J connectivity index is 1.50. The highest BCUT2D eigenvalue weighted by atomic mass is 32.2. The minimum Gasteiger partial charge on any atom is -0.379 e. The van der Waals surface area contributed by atoms with Gasteiger partial charge in [0.1, 0.15) is 0 Å². The molecule has 0 aliphatic carbocycles. The van der Waals surface area contributed by atoms with E-state index in [4.69, 9.17) is 4.74 Å². The maximum absolute atomic E-state index is 13.4. The van der Waals surface area contributed by atoms with Crippen molar-refractivity contribution in [1.29, 1.82) is 0 Å². The molecule has 0 bridgehead atoms. The number of morpholine rings is 1. The maximum Gasteiger partial charge on any atom is 0.258 e. The van der Waals surface area contributed by atoms with Gasteiger partial charge in [-0.1, -0.05) is 55.8 Å². The number of sulfonamides is 1. The van der Waals surface area contributed by atoms with Crippen molar-refractivity contribution in [3.05, 3.63) is 89.5 Å². The van der Waals surface area contributed by atoms with E-state index in [-0.39, 0.29) is 10.8 Å². The van der Waals surface area contributed by atoms with Crippen LogP contribution in [-0.4, -0.2) is 63.4 Å². The molecule has 0 radical (unpaired) electrons. The van der Waals surface area contributed by atoms with Crippen LogP contribution < -0.4 is 10.6 Å². The molecular weight excluding hydrogens is 524 g/mol. The second-order valence-electron chi connectivity index (χ2n) is 10.2. The Hall–Kier alpha value is -3.50. The zero-order valence-electron chi connectivity index (χ0n) is 23.0. The van der Waals surface area contributed by atoms with Gasteiger partial charge in [-0.2, -0.15) is 0 Å². The minimum absolute atomic E-state index is 0.165. The summed E-state index contributed by atoms with van der Waals surface area (Å²) in [4.78, 5) is 15.9. The molecule has 0 saturated carbocycles. The van der Waals surface area contributed by atoms with Gasteiger partial charge in [0.25, 0.3) is 5.91 Å². The first-order valence-electron chi connectivity index (χ1n) is 13.7. The number of carbonyl (C=O) groups excluding carboxylic acids is 1. The van der Waals surface area contributed by atoms with Gasteiger partial charge in [-0.3, -0.25) is 9.69 Å². The van der Waals surface area contributed by atoms with Gasteiger partial charge in [0, 0.05) is 50.2 Å². The first-order valence-corrected chi connectivity index (χ1v) is 15.2. The zero-order chi connectivity index (χ0) is 28.1. The molecule has 2 aliphatic heterocycles. The summed E-state index contributed by atoms with van der Waals surface area (Å²) in [6.45, 7) is 6.68. The van der Waals surface area contributed by atoms with Crippen LogP contribution in [0.2, 0.25) is 0 Å². The molecule has 0 atom stereocenters. The third kappa shape index (κ3) is 6.13. The molecular formula is C31H36N4O4S. The van der Waals surface area contributed by atoms with Crippen LogP contribution in [0.3, 0.4) is 0 Å². The smallest absolute Gasteiger partial charge is 0.258 e. The van der Waals surface area contributed by atoms with E-state index in [1.54, 1.807) is 25.2 Å². The highest BCUT2D eigenvalue weighted by molar-refractivity contribution is 7.89. The molecule has 8 nitrogen and oxygen atoms in total. The lowest BCUT2D eigenvalue weighted by Gasteiger charge is -2.26. The zero-order valence-corrected chi connectivity index (χ0v) is 23.8. The number of hydrogen-bond acceptors (Lipinski definition) is 6. The number of hydrogen-bond donors (Lipinski definition) is 2. The van der Waals surface area contributed by atoms with E-state index in [0.29, 0.717) is 29.1 Å². The minimum atomic E-state index is -3.70. The van der Waals surface area contributed by atoms with Crippen LogP contribution in [-0.2, 0) is 26.1 Å². The predicted octanol–water partition coefficient (Wildman–Crippen LogP) is 4.87. The van der Waals surface area contributed by atoms with Crippen LogP contribution in [0.15, 0.2) is 77.7 Å². The van der Waals surface area contributed by atoms with Crippen LogP contribution in [0.25, 0.3) is 11.3 Å². The van der Waals surface area contributed by atoms with Gasteiger partial charge in [-0.25, -0.2) is 12.7 Å². The van der Waals surface area contributed by atoms with E-state index in [2.05, 4.69) is 27.7 Å². The van der Waals surface area contributed by atoms with Crippen molar-refractivity contribution in [2.24, 2.45) is 0 Å². The highest BCUT2D eigenvalue weighted by Gasteiger charge is 2.31. The van der Waals surface area contributed by atoms with Gasteiger partial charge in [0.2, 0.25) is 10.0 Å². The van der Waals surface area contributed by atoms with Gasteiger partial charge in [0.05, 0.1) is 29.4 Å². The van der Waals surface area contributed by atoms with Crippen molar-refractivity contribution in [1.82, 2.24) is 9.21 Å². The number of nitrogens with zero attached hydrogens (tertiary/aromatic N) is 2. The van der Waals surface area contributed by atoms with Crippen LogP contribution in [0.1, 0.15) is 36.5 Å². The Morgan fingerprint density at radius 2 is 1.75 bits per heavy atom. The molecule has 3 aromatic rings. The van der Waals surface area contributed by atoms with Crippen LogP contribution in [0.4, 0.5) is 11.4 Å². The molecule has 0 unspecified atom stereocenters. The summed E-state index contributed by atoms with van der Waals surface area (Å²) in [7, 11) is -2.11. The standard InChI is InChI=1S/C31H36N4O4S/c1-3-4-16-34(2)40(37,38)26-14-15-28-27(21-26)29(31(36)33-28)30(24-8-6-5-7-9-24)32-25-12-10-23(11-13-25)22-35-17-19-39-20-18-35/h5-15,21,32H,3-4,16-20,22H2,1-2H3,(H,33,36)/b30-29-. The first kappa shape index (κ1) is 28.0. The molecule has 1 amide bonds. The fourth-order valence-electron chi connectivity index (χ4n) is 4.98. The van der Waals surface area contributed by atoms with Crippen molar-refractivity contribution in [2.75, 3.05) is 50.5 Å². The van der Waals surface area contributed by atoms with Gasteiger partial charge in [-0.05, 0) is 47.9 Å². The normalized spacial score (nSPS) is 17.0. The average Bonchev–Trinajstić information content (AvgIpc) is 3.31. The highest BCUT2D eigenvalue weighted by Crippen LogP contribution is 2.39. The van der Waals surface area contributed by atoms with E-state index < -0.39 is 10.0 Å². The molecule has 2 heterocycles. The van der Waals surface area contributed by atoms with Gasteiger partial charge in [0.15, 0.2) is 0 Å². The SMILES string of the molecule is CCCCN(C)S(=O)(=O)c1ccc2c(c1)/C(=C(/Nc1ccc(CN3CCOCC3)cc1)c1ccccc1)C(=O)N2. The molecule has 5 rings (SSSR count). The molecule has 1 fully saturated rings. The van der Waals surface area contributed by atoms with Crippen LogP contribution in [0, 0.1) is 0 Å². The summed E-state index contributed by atoms with van der Waals surface area (Å²) in [5.74, 6) is -0.279. The van der Waals surface area contributed by atoms with Crippen molar-refractivity contribution >= 4 is 38.6 Å². The number of ether oxygens (including phenoxy) is 1. The monoisotopic (exact) mass is 560 g/mol. The predicted molar refractivity (Wildman–Crippen MR) is 159 cm³/mol. The number of unbranched alkanes of at least 4 members (excludes halogenated alkanes) is 1. The molecule has 40 heavy (non-hydrogen) atoms. The summed E-state index contributed by atoms with van der Waals surface area (Å²) >= 11 is 0. The lowest BCUT2D eigenvalue weighted by molar-refractivity contribution is -0.110.